The van der Waals surface area contributed by atoms with Crippen molar-refractivity contribution in [2.24, 2.45) is 5.92 Å². The lowest BCUT2D eigenvalue weighted by atomic mass is 9.96. The zero-order chi connectivity index (χ0) is 12.2. The van der Waals surface area contributed by atoms with Gasteiger partial charge in [0.1, 0.15) is 0 Å². The van der Waals surface area contributed by atoms with E-state index in [2.05, 4.69) is 27.4 Å². The maximum Gasteiger partial charge on any atom is -0.0297 e. The Bertz CT molecular complexity index is 157. The molecular formula is C16H32. The van der Waals surface area contributed by atoms with Gasteiger partial charge in [-0.1, -0.05) is 77.9 Å². The molecule has 0 nitrogen and oxygen atoms in total. The Balaban J connectivity index is 3.21. The minimum absolute atomic E-state index is 0.831. The summed E-state index contributed by atoms with van der Waals surface area (Å²) in [6.45, 7) is 11.1. The quantitative estimate of drug-likeness (QED) is 0.293. The Hall–Kier alpha value is -0.260. The number of hydrogen-bond donors (Lipinski definition) is 0. The van der Waals surface area contributed by atoms with Crippen LogP contribution in [0.5, 0.6) is 0 Å². The molecule has 0 bridgehead atoms. The van der Waals surface area contributed by atoms with Crippen LogP contribution in [-0.2, 0) is 0 Å². The van der Waals surface area contributed by atoms with Crippen molar-refractivity contribution in [2.45, 2.75) is 85.0 Å². The van der Waals surface area contributed by atoms with E-state index in [4.69, 9.17) is 0 Å². The zero-order valence-electron chi connectivity index (χ0n) is 11.9. The van der Waals surface area contributed by atoms with E-state index < -0.39 is 0 Å². The van der Waals surface area contributed by atoms with E-state index >= 15 is 0 Å². The molecule has 0 heteroatoms. The lowest BCUT2D eigenvalue weighted by Gasteiger charge is -2.10. The third-order valence-corrected chi connectivity index (χ3v) is 3.47. The van der Waals surface area contributed by atoms with Crippen LogP contribution in [0.4, 0.5) is 0 Å². The van der Waals surface area contributed by atoms with E-state index in [-0.39, 0.29) is 0 Å². The number of hydrogen-bond acceptors (Lipinski definition) is 0. The van der Waals surface area contributed by atoms with Crippen LogP contribution in [-0.4, -0.2) is 0 Å². The van der Waals surface area contributed by atoms with Gasteiger partial charge in [0.25, 0.3) is 0 Å². The molecule has 0 saturated heterocycles. The fourth-order valence-electron chi connectivity index (χ4n) is 2.07. The fourth-order valence-corrected chi connectivity index (χ4v) is 2.07. The summed E-state index contributed by atoms with van der Waals surface area (Å²) in [5.41, 5.74) is 1.47. The van der Waals surface area contributed by atoms with Crippen LogP contribution in [0.15, 0.2) is 12.2 Å². The van der Waals surface area contributed by atoms with Crippen molar-refractivity contribution in [3.05, 3.63) is 12.2 Å². The van der Waals surface area contributed by atoms with Crippen LogP contribution in [0.3, 0.4) is 0 Å². The molecule has 0 amide bonds. The van der Waals surface area contributed by atoms with Gasteiger partial charge in [0.2, 0.25) is 0 Å². The standard InChI is InChI=1S/C16H32/c1-5-7-8-9-10-11-12-13-16(4)14-15(3)6-2/h15H,4-14H2,1-3H3. The summed E-state index contributed by atoms with van der Waals surface area (Å²) in [4.78, 5) is 0. The normalized spacial score (nSPS) is 12.7. The number of unbranched alkanes of at least 4 members (excludes halogenated alkanes) is 6. The first kappa shape index (κ1) is 15.7. The fraction of sp³-hybridized carbons (Fsp3) is 0.875. The van der Waals surface area contributed by atoms with E-state index in [1.165, 1.54) is 69.8 Å². The molecule has 0 rings (SSSR count). The Morgan fingerprint density at radius 1 is 0.938 bits per heavy atom. The predicted octanol–water partition coefficient (Wildman–Crippen LogP) is 6.12. The molecule has 0 aromatic carbocycles. The van der Waals surface area contributed by atoms with Crippen LogP contribution in [0, 0.1) is 5.92 Å². The van der Waals surface area contributed by atoms with E-state index in [0.29, 0.717) is 0 Å². The smallest absolute Gasteiger partial charge is 0.0297 e. The average molecular weight is 224 g/mol. The molecule has 0 aliphatic heterocycles. The van der Waals surface area contributed by atoms with Gasteiger partial charge >= 0.3 is 0 Å². The van der Waals surface area contributed by atoms with Crippen molar-refractivity contribution >= 4 is 0 Å². The second-order valence-electron chi connectivity index (χ2n) is 5.34. The Morgan fingerprint density at radius 3 is 2.06 bits per heavy atom. The topological polar surface area (TPSA) is 0 Å². The molecule has 96 valence electrons. The largest absolute Gasteiger partial charge is 0.0999 e. The first-order chi connectivity index (χ1) is 7.70. The van der Waals surface area contributed by atoms with Crippen molar-refractivity contribution in [2.75, 3.05) is 0 Å². The highest BCUT2D eigenvalue weighted by atomic mass is 14.1. The molecule has 1 unspecified atom stereocenters. The maximum absolute atomic E-state index is 4.19. The van der Waals surface area contributed by atoms with Crippen molar-refractivity contribution in [1.82, 2.24) is 0 Å². The average Bonchev–Trinajstić information content (AvgIpc) is 2.27. The van der Waals surface area contributed by atoms with E-state index in [0.717, 1.165) is 5.92 Å². The summed E-state index contributed by atoms with van der Waals surface area (Å²) in [6, 6.07) is 0. The third kappa shape index (κ3) is 10.3. The molecule has 0 fully saturated rings. The van der Waals surface area contributed by atoms with Crippen LogP contribution in [0.1, 0.15) is 85.0 Å². The van der Waals surface area contributed by atoms with Crippen LogP contribution in [0.25, 0.3) is 0 Å². The van der Waals surface area contributed by atoms with Crippen molar-refractivity contribution in [3.63, 3.8) is 0 Å². The first-order valence-electron chi connectivity index (χ1n) is 7.37. The number of allylic oxidation sites excluding steroid dienone is 1. The van der Waals surface area contributed by atoms with Gasteiger partial charge in [0.15, 0.2) is 0 Å². The highest BCUT2D eigenvalue weighted by Gasteiger charge is 2.01. The summed E-state index contributed by atoms with van der Waals surface area (Å²) in [5, 5.41) is 0. The SMILES string of the molecule is C=C(CCCCCCCCC)CC(C)CC. The molecule has 0 aromatic rings. The Labute approximate surface area is 104 Å². The Kier molecular flexibility index (Phi) is 11.0. The van der Waals surface area contributed by atoms with E-state index in [9.17, 15) is 0 Å². The van der Waals surface area contributed by atoms with Gasteiger partial charge in [-0.05, 0) is 25.2 Å². The van der Waals surface area contributed by atoms with Crippen LogP contribution in [0.2, 0.25) is 0 Å². The highest BCUT2D eigenvalue weighted by molar-refractivity contribution is 4.94. The van der Waals surface area contributed by atoms with Gasteiger partial charge in [-0.15, -0.1) is 0 Å². The van der Waals surface area contributed by atoms with Crippen molar-refractivity contribution in [1.29, 1.82) is 0 Å². The lowest BCUT2D eigenvalue weighted by Crippen LogP contribution is -1.94. The third-order valence-electron chi connectivity index (χ3n) is 3.47. The Morgan fingerprint density at radius 2 is 1.50 bits per heavy atom. The van der Waals surface area contributed by atoms with Crippen LogP contribution >= 0.6 is 0 Å². The lowest BCUT2D eigenvalue weighted by molar-refractivity contribution is 0.534. The second kappa shape index (κ2) is 11.2. The molecule has 0 heterocycles. The molecular weight excluding hydrogens is 192 g/mol. The highest BCUT2D eigenvalue weighted by Crippen LogP contribution is 2.18. The molecule has 0 aromatic heterocycles. The van der Waals surface area contributed by atoms with Gasteiger partial charge < -0.3 is 0 Å². The minimum Gasteiger partial charge on any atom is -0.0999 e. The molecule has 0 radical (unpaired) electrons. The molecule has 0 aliphatic rings. The molecule has 0 N–H and O–H groups in total. The van der Waals surface area contributed by atoms with Gasteiger partial charge in [0, 0.05) is 0 Å². The summed E-state index contributed by atoms with van der Waals surface area (Å²) >= 11 is 0. The zero-order valence-corrected chi connectivity index (χ0v) is 11.9. The monoisotopic (exact) mass is 224 g/mol. The second-order valence-corrected chi connectivity index (χ2v) is 5.34. The van der Waals surface area contributed by atoms with Gasteiger partial charge in [-0.2, -0.15) is 0 Å². The minimum atomic E-state index is 0.831. The molecule has 0 saturated carbocycles. The first-order valence-corrected chi connectivity index (χ1v) is 7.37. The molecule has 0 spiro atoms. The van der Waals surface area contributed by atoms with Gasteiger partial charge in [-0.25, -0.2) is 0 Å². The van der Waals surface area contributed by atoms with Crippen molar-refractivity contribution in [3.8, 4) is 0 Å². The maximum atomic E-state index is 4.19. The van der Waals surface area contributed by atoms with Crippen LogP contribution < -0.4 is 0 Å². The summed E-state index contributed by atoms with van der Waals surface area (Å²) in [5.74, 6) is 0.831. The predicted molar refractivity (Wildman–Crippen MR) is 75.8 cm³/mol. The molecule has 1 atom stereocenters. The molecule has 16 heavy (non-hydrogen) atoms. The van der Waals surface area contributed by atoms with E-state index in [1.54, 1.807) is 0 Å². The summed E-state index contributed by atoms with van der Waals surface area (Å²) in [6.07, 6.45) is 13.6. The summed E-state index contributed by atoms with van der Waals surface area (Å²) in [7, 11) is 0. The number of rotatable bonds is 11. The van der Waals surface area contributed by atoms with Gasteiger partial charge in [0.05, 0.1) is 0 Å². The summed E-state index contributed by atoms with van der Waals surface area (Å²) < 4.78 is 0. The van der Waals surface area contributed by atoms with Crippen molar-refractivity contribution < 1.29 is 0 Å². The van der Waals surface area contributed by atoms with Gasteiger partial charge in [-0.3, -0.25) is 0 Å². The molecule has 0 aliphatic carbocycles. The van der Waals surface area contributed by atoms with E-state index in [1.807, 2.05) is 0 Å².